The second-order valence-electron chi connectivity index (χ2n) is 5.03. The third kappa shape index (κ3) is 1.45. The van der Waals surface area contributed by atoms with Crippen molar-refractivity contribution in [3.05, 3.63) is 0 Å². The monoisotopic (exact) mass is 244 g/mol. The van der Waals surface area contributed by atoms with Crippen molar-refractivity contribution in [1.82, 2.24) is 0 Å². The van der Waals surface area contributed by atoms with Crippen LogP contribution in [0.15, 0.2) is 0 Å². The highest BCUT2D eigenvalue weighted by atomic mass is 16.9. The van der Waals surface area contributed by atoms with Gasteiger partial charge in [0.2, 0.25) is 0 Å². The summed E-state index contributed by atoms with van der Waals surface area (Å²) in [5, 5.41) is 20.0. The van der Waals surface area contributed by atoms with Gasteiger partial charge in [-0.05, 0) is 24.7 Å². The minimum absolute atomic E-state index is 0.135. The summed E-state index contributed by atoms with van der Waals surface area (Å²) in [5.74, 6) is -3.12. The van der Waals surface area contributed by atoms with Crippen LogP contribution in [-0.2, 0) is 19.0 Å². The lowest BCUT2D eigenvalue weighted by molar-refractivity contribution is -0.430. The molecule has 3 fully saturated rings. The van der Waals surface area contributed by atoms with Gasteiger partial charge >= 0.3 is 5.97 Å². The van der Waals surface area contributed by atoms with E-state index in [1.807, 2.05) is 0 Å². The first-order chi connectivity index (χ1) is 8.07. The number of hydrogen-bond acceptors (Lipinski definition) is 6. The molecule has 2 heterocycles. The summed E-state index contributed by atoms with van der Waals surface area (Å²) in [7, 11) is 1.29. The van der Waals surface area contributed by atoms with Crippen molar-refractivity contribution in [2.24, 2.45) is 23.7 Å². The Labute approximate surface area is 98.5 Å². The maximum Gasteiger partial charge on any atom is 0.314 e. The summed E-state index contributed by atoms with van der Waals surface area (Å²) < 4.78 is 15.0. The van der Waals surface area contributed by atoms with E-state index in [1.165, 1.54) is 7.11 Å². The Balaban J connectivity index is 1.93. The average Bonchev–Trinajstić information content (AvgIpc) is 2.83. The second kappa shape index (κ2) is 3.65. The van der Waals surface area contributed by atoms with Crippen LogP contribution >= 0.6 is 0 Å². The van der Waals surface area contributed by atoms with Crippen LogP contribution in [0.2, 0.25) is 0 Å². The largest absolute Gasteiger partial charge is 0.469 e. The van der Waals surface area contributed by atoms with E-state index in [0.717, 1.165) is 12.8 Å². The standard InChI is InChI=1S/C11H16O6/c1-15-9(12)7-6-3-2-5-4-16-11(14,8(5)6)17-10(7)13/h5-8,10,13-14H,2-4H2,1H3/t5-,6+,7?,8+,10?,11+/m0/s1. The quantitative estimate of drug-likeness (QED) is 0.602. The predicted molar refractivity (Wildman–Crippen MR) is 53.2 cm³/mol. The summed E-state index contributed by atoms with van der Waals surface area (Å²) in [5.41, 5.74) is 0. The van der Waals surface area contributed by atoms with Gasteiger partial charge in [0.05, 0.1) is 13.7 Å². The van der Waals surface area contributed by atoms with Gasteiger partial charge in [-0.3, -0.25) is 9.53 Å². The van der Waals surface area contributed by atoms with Crippen LogP contribution in [0.1, 0.15) is 12.8 Å². The summed E-state index contributed by atoms with van der Waals surface area (Å²) in [6.07, 6.45) is 0.285. The van der Waals surface area contributed by atoms with E-state index in [2.05, 4.69) is 0 Å². The molecular formula is C11H16O6. The highest BCUT2D eigenvalue weighted by molar-refractivity contribution is 5.73. The molecule has 0 radical (unpaired) electrons. The Morgan fingerprint density at radius 2 is 2.24 bits per heavy atom. The molecule has 0 spiro atoms. The zero-order valence-corrected chi connectivity index (χ0v) is 9.54. The van der Waals surface area contributed by atoms with E-state index in [0.29, 0.717) is 6.61 Å². The van der Waals surface area contributed by atoms with Crippen molar-refractivity contribution < 1.29 is 29.2 Å². The lowest BCUT2D eigenvalue weighted by Crippen LogP contribution is -2.56. The van der Waals surface area contributed by atoms with Gasteiger partial charge in [0, 0.05) is 5.92 Å². The highest BCUT2D eigenvalue weighted by Crippen LogP contribution is 2.56. The van der Waals surface area contributed by atoms with Gasteiger partial charge in [0.15, 0.2) is 6.29 Å². The molecule has 0 bridgehead atoms. The molecule has 0 aromatic carbocycles. The number of rotatable bonds is 1. The lowest BCUT2D eigenvalue weighted by Gasteiger charge is -2.42. The molecule has 2 saturated heterocycles. The molecule has 3 aliphatic rings. The zero-order chi connectivity index (χ0) is 12.2. The van der Waals surface area contributed by atoms with Gasteiger partial charge in [0.1, 0.15) is 5.92 Å². The molecule has 2 N–H and O–H groups in total. The Kier molecular flexibility index (Phi) is 2.45. The topological polar surface area (TPSA) is 85.2 Å². The van der Waals surface area contributed by atoms with Crippen molar-refractivity contribution in [3.63, 3.8) is 0 Å². The molecule has 17 heavy (non-hydrogen) atoms. The van der Waals surface area contributed by atoms with Crippen molar-refractivity contribution in [1.29, 1.82) is 0 Å². The number of carbonyl (C=O) groups is 1. The fourth-order valence-electron chi connectivity index (χ4n) is 3.59. The van der Waals surface area contributed by atoms with E-state index in [-0.39, 0.29) is 17.8 Å². The minimum atomic E-state index is -1.73. The zero-order valence-electron chi connectivity index (χ0n) is 9.54. The molecule has 2 aliphatic heterocycles. The molecule has 0 aromatic rings. The van der Waals surface area contributed by atoms with E-state index < -0.39 is 24.2 Å². The molecule has 1 saturated carbocycles. The van der Waals surface area contributed by atoms with Crippen molar-refractivity contribution in [2.75, 3.05) is 13.7 Å². The first-order valence-electron chi connectivity index (χ1n) is 5.87. The number of hydrogen-bond donors (Lipinski definition) is 2. The fraction of sp³-hybridized carbons (Fsp3) is 0.909. The Morgan fingerprint density at radius 1 is 1.47 bits per heavy atom. The van der Waals surface area contributed by atoms with Gasteiger partial charge < -0.3 is 19.7 Å². The molecule has 1 aliphatic carbocycles. The van der Waals surface area contributed by atoms with Crippen molar-refractivity contribution in [3.8, 4) is 0 Å². The van der Waals surface area contributed by atoms with Crippen LogP contribution in [0.3, 0.4) is 0 Å². The van der Waals surface area contributed by atoms with Gasteiger partial charge in [0.25, 0.3) is 5.97 Å². The van der Waals surface area contributed by atoms with E-state index >= 15 is 0 Å². The van der Waals surface area contributed by atoms with Crippen LogP contribution < -0.4 is 0 Å². The smallest absolute Gasteiger partial charge is 0.314 e. The van der Waals surface area contributed by atoms with E-state index in [1.54, 1.807) is 0 Å². The molecule has 96 valence electrons. The van der Waals surface area contributed by atoms with Gasteiger partial charge in [-0.2, -0.15) is 0 Å². The number of aliphatic hydroxyl groups excluding tert-OH is 1. The number of methoxy groups -OCH3 is 1. The molecule has 0 aromatic heterocycles. The summed E-state index contributed by atoms with van der Waals surface area (Å²) >= 11 is 0. The number of carbonyl (C=O) groups excluding carboxylic acids is 1. The third-order valence-corrected chi connectivity index (χ3v) is 4.30. The highest BCUT2D eigenvalue weighted by Gasteiger charge is 2.65. The van der Waals surface area contributed by atoms with Crippen LogP contribution in [0.25, 0.3) is 0 Å². The fourth-order valence-corrected chi connectivity index (χ4v) is 3.59. The minimum Gasteiger partial charge on any atom is -0.469 e. The summed E-state index contributed by atoms with van der Waals surface area (Å²) in [4.78, 5) is 11.7. The first kappa shape index (κ1) is 11.4. The van der Waals surface area contributed by atoms with Crippen LogP contribution in [0.5, 0.6) is 0 Å². The van der Waals surface area contributed by atoms with Crippen LogP contribution in [0, 0.1) is 23.7 Å². The molecular weight excluding hydrogens is 228 g/mol. The normalized spacial score (nSPS) is 52.3. The van der Waals surface area contributed by atoms with Gasteiger partial charge in [-0.15, -0.1) is 0 Å². The third-order valence-electron chi connectivity index (χ3n) is 4.30. The second-order valence-corrected chi connectivity index (χ2v) is 5.03. The lowest BCUT2D eigenvalue weighted by atomic mass is 9.78. The predicted octanol–water partition coefficient (Wildman–Crippen LogP) is -0.557. The van der Waals surface area contributed by atoms with Crippen molar-refractivity contribution in [2.45, 2.75) is 25.1 Å². The Hall–Kier alpha value is -0.690. The number of ether oxygens (including phenoxy) is 3. The SMILES string of the molecule is COC(=O)C1C(O)O[C@]2(O)OC[C@@H]3CC[C@H]1[C@@H]32. The number of aliphatic hydroxyl groups is 2. The summed E-state index contributed by atoms with van der Waals surface area (Å²) in [6.45, 7) is 0.415. The van der Waals surface area contributed by atoms with Crippen LogP contribution in [0.4, 0.5) is 0 Å². The molecule has 2 unspecified atom stereocenters. The van der Waals surface area contributed by atoms with E-state index in [4.69, 9.17) is 14.2 Å². The van der Waals surface area contributed by atoms with Gasteiger partial charge in [-0.1, -0.05) is 0 Å². The Bertz CT molecular complexity index is 345. The average molecular weight is 244 g/mol. The van der Waals surface area contributed by atoms with Crippen molar-refractivity contribution >= 4 is 5.97 Å². The molecule has 0 amide bonds. The first-order valence-corrected chi connectivity index (χ1v) is 5.87. The van der Waals surface area contributed by atoms with Gasteiger partial charge in [-0.25, -0.2) is 0 Å². The van der Waals surface area contributed by atoms with E-state index in [9.17, 15) is 15.0 Å². The Morgan fingerprint density at radius 3 is 2.94 bits per heavy atom. The maximum absolute atomic E-state index is 11.7. The number of esters is 1. The van der Waals surface area contributed by atoms with Crippen LogP contribution in [-0.4, -0.2) is 42.2 Å². The molecule has 6 nitrogen and oxygen atoms in total. The molecule has 3 rings (SSSR count). The molecule has 6 heteroatoms. The molecule has 6 atom stereocenters. The maximum atomic E-state index is 11.7. The summed E-state index contributed by atoms with van der Waals surface area (Å²) in [6, 6.07) is 0.